The summed E-state index contributed by atoms with van der Waals surface area (Å²) in [5.74, 6) is 4.07. The summed E-state index contributed by atoms with van der Waals surface area (Å²) in [4.78, 5) is 0. The lowest BCUT2D eigenvalue weighted by molar-refractivity contribution is -0.0979. The molecule has 3 fully saturated rings. The van der Waals surface area contributed by atoms with Crippen molar-refractivity contribution in [1.82, 2.24) is 0 Å². The van der Waals surface area contributed by atoms with Gasteiger partial charge in [0, 0.05) is 0 Å². The summed E-state index contributed by atoms with van der Waals surface area (Å²) in [6, 6.07) is 0. The van der Waals surface area contributed by atoms with Crippen LogP contribution in [0.5, 0.6) is 0 Å². The fraction of sp³-hybridized carbons (Fsp3) is 1.00. The van der Waals surface area contributed by atoms with E-state index in [2.05, 4.69) is 28.6 Å². The molecule has 2 bridgehead atoms. The normalized spacial score (nSPS) is 53.4. The summed E-state index contributed by atoms with van der Waals surface area (Å²) >= 11 is 0. The molecule has 0 radical (unpaired) electrons. The van der Waals surface area contributed by atoms with Gasteiger partial charge in [-0.1, -0.05) is 33.0 Å². The Hall–Kier alpha value is 0.0649. The van der Waals surface area contributed by atoms with Crippen molar-refractivity contribution in [2.45, 2.75) is 39.4 Å². The van der Waals surface area contributed by atoms with Crippen LogP contribution in [0.25, 0.3) is 0 Å². The highest BCUT2D eigenvalue weighted by Crippen LogP contribution is 2.63. The second-order valence-electron chi connectivity index (χ2n) is 5.43. The van der Waals surface area contributed by atoms with Gasteiger partial charge >= 0.3 is 0 Å². The number of fused-ring (bicyclic) bond motifs is 2. The van der Waals surface area contributed by atoms with Gasteiger partial charge in [-0.3, -0.25) is 0 Å². The molecule has 1 heteroatoms. The average molecular weight is 150 g/mol. The topological polar surface area (TPSA) is 0 Å². The number of hydrogen-bond acceptors (Lipinski definition) is 0. The minimum atomic E-state index is 0.686. The van der Waals surface area contributed by atoms with Crippen LogP contribution in [0.2, 0.25) is 5.82 Å². The summed E-state index contributed by atoms with van der Waals surface area (Å²) in [6.45, 7) is 7.38. The lowest BCUT2D eigenvalue weighted by Crippen LogP contribution is -2.53. The maximum absolute atomic E-state index is 2.47. The van der Waals surface area contributed by atoms with E-state index >= 15 is 0 Å². The minimum absolute atomic E-state index is 0.686. The Morgan fingerprint density at radius 2 is 1.91 bits per heavy atom. The molecule has 11 heavy (non-hydrogen) atoms. The van der Waals surface area contributed by atoms with Crippen LogP contribution >= 0.6 is 0 Å². The van der Waals surface area contributed by atoms with E-state index in [0.717, 1.165) is 23.6 Å². The molecule has 3 aliphatic rings. The van der Waals surface area contributed by atoms with Crippen LogP contribution in [0.1, 0.15) is 33.6 Å². The van der Waals surface area contributed by atoms with E-state index in [1.54, 1.807) is 0 Å². The predicted octanol–water partition coefficient (Wildman–Crippen LogP) is 2.11. The molecule has 0 aromatic carbocycles. The second kappa shape index (κ2) is 2.05. The van der Waals surface area contributed by atoms with Crippen molar-refractivity contribution in [2.24, 2.45) is 23.2 Å². The van der Waals surface area contributed by atoms with Crippen LogP contribution in [0.3, 0.4) is 0 Å². The van der Waals surface area contributed by atoms with Gasteiger partial charge in [-0.15, -0.1) is 0 Å². The molecule has 0 aromatic heterocycles. The van der Waals surface area contributed by atoms with Crippen LogP contribution in [0.4, 0.5) is 0 Å². The molecule has 3 rings (SSSR count). The van der Waals surface area contributed by atoms with Crippen molar-refractivity contribution in [1.29, 1.82) is 0 Å². The van der Waals surface area contributed by atoms with E-state index in [-0.39, 0.29) is 0 Å². The van der Waals surface area contributed by atoms with Gasteiger partial charge in [0.2, 0.25) is 0 Å². The third-order valence-electron chi connectivity index (χ3n) is 4.73. The molecule has 4 atom stereocenters. The van der Waals surface area contributed by atoms with Gasteiger partial charge in [-0.05, 0) is 29.6 Å². The Labute approximate surface area is 71.2 Å². The van der Waals surface area contributed by atoms with Gasteiger partial charge in [-0.25, -0.2) is 0 Å². The third kappa shape index (κ3) is 0.831. The maximum Gasteiger partial charge on any atom is 0.105 e. The van der Waals surface area contributed by atoms with Crippen molar-refractivity contribution >= 4 is 7.85 Å². The molecule has 62 valence electrons. The average Bonchev–Trinajstić information content (AvgIpc) is 1.93. The van der Waals surface area contributed by atoms with Gasteiger partial charge in [0.15, 0.2) is 0 Å². The van der Waals surface area contributed by atoms with E-state index < -0.39 is 0 Å². The lowest BCUT2D eigenvalue weighted by Gasteiger charge is -2.62. The monoisotopic (exact) mass is 150 g/mol. The summed E-state index contributed by atoms with van der Waals surface area (Å²) in [5, 5.41) is 0. The van der Waals surface area contributed by atoms with Crippen molar-refractivity contribution in [2.75, 3.05) is 0 Å². The molecule has 0 spiro atoms. The van der Waals surface area contributed by atoms with Crippen molar-refractivity contribution in [3.8, 4) is 0 Å². The standard InChI is InChI=1S/C10H19B/c1-6-8-4-7(5-9(6)11)10(8,2)3/h6-9H,4-5,11H2,1-3H3. The maximum atomic E-state index is 2.47. The fourth-order valence-electron chi connectivity index (χ4n) is 3.41. The molecule has 3 aliphatic carbocycles. The van der Waals surface area contributed by atoms with Gasteiger partial charge in [0.25, 0.3) is 0 Å². The first kappa shape index (κ1) is 7.70. The van der Waals surface area contributed by atoms with Crippen LogP contribution in [-0.4, -0.2) is 7.85 Å². The second-order valence-corrected chi connectivity index (χ2v) is 5.43. The van der Waals surface area contributed by atoms with Gasteiger partial charge in [-0.2, -0.15) is 0 Å². The lowest BCUT2D eigenvalue weighted by atomic mass is 9.41. The predicted molar refractivity (Wildman–Crippen MR) is 51.5 cm³/mol. The Bertz CT molecular complexity index is 174. The Balaban J connectivity index is 2.17. The summed E-state index contributed by atoms with van der Waals surface area (Å²) in [5.41, 5.74) is 0.686. The Morgan fingerprint density at radius 3 is 2.27 bits per heavy atom. The first-order valence-corrected chi connectivity index (χ1v) is 5.03. The molecule has 0 heterocycles. The van der Waals surface area contributed by atoms with Crippen molar-refractivity contribution in [3.63, 3.8) is 0 Å². The van der Waals surface area contributed by atoms with E-state index in [0.29, 0.717) is 5.41 Å². The van der Waals surface area contributed by atoms with Crippen molar-refractivity contribution in [3.05, 3.63) is 0 Å². The Kier molecular flexibility index (Phi) is 1.44. The first-order chi connectivity index (χ1) is 5.03. The van der Waals surface area contributed by atoms with Crippen LogP contribution in [-0.2, 0) is 0 Å². The summed E-state index contributed by atoms with van der Waals surface area (Å²) in [7, 11) is 2.43. The van der Waals surface area contributed by atoms with E-state index in [1.165, 1.54) is 12.8 Å². The zero-order chi connectivity index (χ0) is 8.22. The quantitative estimate of drug-likeness (QED) is 0.464. The highest BCUT2D eigenvalue weighted by Gasteiger charge is 2.54. The zero-order valence-electron chi connectivity index (χ0n) is 8.22. The zero-order valence-corrected chi connectivity index (χ0v) is 8.22. The third-order valence-corrected chi connectivity index (χ3v) is 4.73. The molecule has 0 N–H and O–H groups in total. The van der Waals surface area contributed by atoms with Crippen LogP contribution < -0.4 is 0 Å². The summed E-state index contributed by atoms with van der Waals surface area (Å²) < 4.78 is 0. The smallest absolute Gasteiger partial charge is 0.0666 e. The highest BCUT2D eigenvalue weighted by atomic mass is 14.6. The van der Waals surface area contributed by atoms with E-state index in [1.807, 2.05) is 0 Å². The van der Waals surface area contributed by atoms with Crippen molar-refractivity contribution < 1.29 is 0 Å². The molecular weight excluding hydrogens is 131 g/mol. The summed E-state index contributed by atoms with van der Waals surface area (Å²) in [6.07, 6.45) is 3.02. The molecule has 0 aliphatic heterocycles. The highest BCUT2D eigenvalue weighted by molar-refractivity contribution is 6.12. The number of hydrogen-bond donors (Lipinski definition) is 0. The molecule has 0 amide bonds. The SMILES string of the molecule is BC1CC2CC(C1C)C2(C)C. The first-order valence-electron chi connectivity index (χ1n) is 5.03. The van der Waals surface area contributed by atoms with Gasteiger partial charge < -0.3 is 0 Å². The molecule has 3 saturated carbocycles. The van der Waals surface area contributed by atoms with Gasteiger partial charge in [0.05, 0.1) is 0 Å². The van der Waals surface area contributed by atoms with Gasteiger partial charge in [0.1, 0.15) is 7.85 Å². The van der Waals surface area contributed by atoms with E-state index in [4.69, 9.17) is 0 Å². The Morgan fingerprint density at radius 1 is 1.27 bits per heavy atom. The molecule has 4 unspecified atom stereocenters. The van der Waals surface area contributed by atoms with Crippen LogP contribution in [0, 0.1) is 23.2 Å². The fourth-order valence-corrected chi connectivity index (χ4v) is 3.41. The molecule has 0 saturated heterocycles. The molecule has 0 nitrogen and oxygen atoms in total. The largest absolute Gasteiger partial charge is 0.105 e. The van der Waals surface area contributed by atoms with E-state index in [9.17, 15) is 0 Å². The van der Waals surface area contributed by atoms with Crippen LogP contribution in [0.15, 0.2) is 0 Å². The molecule has 0 aromatic rings. The minimum Gasteiger partial charge on any atom is -0.0666 e. The number of rotatable bonds is 0. The molecular formula is C10H19B.